The van der Waals surface area contributed by atoms with Crippen molar-refractivity contribution < 1.29 is 22.3 Å². The topological polar surface area (TPSA) is 37.3 Å². The smallest absolute Gasteiger partial charge is 1.00 e. The number of rotatable bonds is 5. The van der Waals surface area contributed by atoms with E-state index < -0.39 is 5.60 Å². The second kappa shape index (κ2) is 17.5. The summed E-state index contributed by atoms with van der Waals surface area (Å²) in [4.78, 5) is 11.0. The van der Waals surface area contributed by atoms with Gasteiger partial charge < -0.3 is 24.4 Å². The van der Waals surface area contributed by atoms with E-state index in [2.05, 4.69) is 6.92 Å². The van der Waals surface area contributed by atoms with E-state index in [1.165, 1.54) is 0 Å². The Morgan fingerprint density at radius 1 is 0.885 bits per heavy atom. The summed E-state index contributed by atoms with van der Waals surface area (Å²) in [6.07, 6.45) is 2.13. The Morgan fingerprint density at radius 3 is 1.62 bits per heavy atom. The molecule has 0 aliphatic heterocycles. The molecular formula is C22H31ClMgO2. The van der Waals surface area contributed by atoms with Crippen LogP contribution in [0.5, 0.6) is 0 Å². The van der Waals surface area contributed by atoms with Gasteiger partial charge in [0.2, 0.25) is 0 Å². The Bertz CT molecular complexity index is 555. The van der Waals surface area contributed by atoms with Gasteiger partial charge in [0.05, 0.1) is 5.60 Å². The largest absolute Gasteiger partial charge is 2.00 e. The molecule has 0 amide bonds. The second-order valence-corrected chi connectivity index (χ2v) is 5.25. The molecule has 0 saturated carbocycles. The van der Waals surface area contributed by atoms with Gasteiger partial charge in [0.25, 0.3) is 0 Å². The number of ketones is 1. The standard InChI is InChI=1S/C11H16O.C9H10O.C2H5.ClH.Mg/c1-3-11(12,4-2)10-8-6-5-7-9-10;1-2-9(10)8-6-4-3-5-7-8;1-2;;/h5-9,12H,3-4H2,1-2H3;3-7H,2H2,1H3;1H2,2H3;1H;/q;;-1;;+2/p-1. The predicted molar refractivity (Wildman–Crippen MR) is 109 cm³/mol. The fourth-order valence-electron chi connectivity index (χ4n) is 2.23. The van der Waals surface area contributed by atoms with Gasteiger partial charge in [-0.1, -0.05) is 81.4 Å². The monoisotopic (exact) mass is 386 g/mol. The number of carbonyl (C=O) groups excluding carboxylic acids is 1. The quantitative estimate of drug-likeness (QED) is 0.486. The number of Topliss-reactive ketones (excluding diaryl/α,β-unsaturated/α-hetero) is 1. The maximum absolute atomic E-state index is 11.0. The fourth-order valence-corrected chi connectivity index (χ4v) is 2.23. The maximum Gasteiger partial charge on any atom is 2.00 e. The molecule has 0 heterocycles. The van der Waals surface area contributed by atoms with Crippen LogP contribution < -0.4 is 12.4 Å². The van der Waals surface area contributed by atoms with Gasteiger partial charge in [0.15, 0.2) is 5.78 Å². The number of carbonyl (C=O) groups is 1. The minimum absolute atomic E-state index is 0. The van der Waals surface area contributed by atoms with Gasteiger partial charge in [0.1, 0.15) is 0 Å². The van der Waals surface area contributed by atoms with Gasteiger partial charge in [-0.3, -0.25) is 4.79 Å². The number of hydrogen-bond donors (Lipinski definition) is 1. The van der Waals surface area contributed by atoms with Gasteiger partial charge in [-0.05, 0) is 18.4 Å². The van der Waals surface area contributed by atoms with Crippen molar-refractivity contribution in [2.24, 2.45) is 0 Å². The molecule has 2 nitrogen and oxygen atoms in total. The summed E-state index contributed by atoms with van der Waals surface area (Å²) in [6, 6.07) is 19.2. The number of halogens is 1. The summed E-state index contributed by atoms with van der Waals surface area (Å²) in [7, 11) is 0. The number of hydrogen-bond acceptors (Lipinski definition) is 2. The molecule has 0 spiro atoms. The summed E-state index contributed by atoms with van der Waals surface area (Å²) in [5.41, 5.74) is 1.21. The molecule has 0 unspecified atom stereocenters. The molecule has 0 aromatic heterocycles. The minimum atomic E-state index is -0.624. The molecule has 2 rings (SSSR count). The van der Waals surface area contributed by atoms with Crippen molar-refractivity contribution in [3.05, 3.63) is 78.7 Å². The van der Waals surface area contributed by atoms with Crippen LogP contribution in [0.1, 0.15) is 62.9 Å². The molecule has 0 bridgehead atoms. The van der Waals surface area contributed by atoms with Crippen LogP contribution in [0, 0.1) is 6.92 Å². The molecule has 1 N–H and O–H groups in total. The van der Waals surface area contributed by atoms with Crippen molar-refractivity contribution in [1.29, 1.82) is 0 Å². The summed E-state index contributed by atoms with van der Waals surface area (Å²) < 4.78 is 0. The number of aliphatic hydroxyl groups is 1. The van der Waals surface area contributed by atoms with Crippen molar-refractivity contribution >= 4 is 28.8 Å². The van der Waals surface area contributed by atoms with E-state index in [1.54, 1.807) is 6.92 Å². The molecule has 140 valence electrons. The molecule has 0 saturated heterocycles. The molecule has 0 aliphatic rings. The molecule has 0 radical (unpaired) electrons. The molecule has 2 aromatic rings. The third-order valence-corrected chi connectivity index (χ3v) is 3.90. The fraction of sp³-hybridized carbons (Fsp3) is 0.364. The van der Waals surface area contributed by atoms with Gasteiger partial charge in [0, 0.05) is 12.0 Å². The molecule has 0 fully saturated rings. The van der Waals surface area contributed by atoms with Crippen molar-refractivity contribution in [2.45, 2.75) is 52.6 Å². The van der Waals surface area contributed by atoms with Crippen LogP contribution in [-0.2, 0) is 5.60 Å². The Morgan fingerprint density at radius 2 is 1.27 bits per heavy atom. The zero-order valence-electron chi connectivity index (χ0n) is 16.5. The van der Waals surface area contributed by atoms with Crippen LogP contribution in [0.2, 0.25) is 0 Å². The van der Waals surface area contributed by atoms with E-state index in [9.17, 15) is 9.90 Å². The van der Waals surface area contributed by atoms with Crippen LogP contribution in [0.4, 0.5) is 0 Å². The minimum Gasteiger partial charge on any atom is -1.00 e. The van der Waals surface area contributed by atoms with Gasteiger partial charge in [-0.2, -0.15) is 6.92 Å². The van der Waals surface area contributed by atoms with Crippen molar-refractivity contribution in [2.75, 3.05) is 0 Å². The van der Waals surface area contributed by atoms with Crippen molar-refractivity contribution in [1.82, 2.24) is 0 Å². The summed E-state index contributed by atoms with van der Waals surface area (Å²) in [6.45, 7) is 10.9. The molecule has 26 heavy (non-hydrogen) atoms. The first-order valence-corrected chi connectivity index (χ1v) is 8.64. The van der Waals surface area contributed by atoms with E-state index in [1.807, 2.05) is 81.4 Å². The Labute approximate surface area is 182 Å². The Hall–Kier alpha value is -0.874. The average molecular weight is 387 g/mol. The zero-order valence-corrected chi connectivity index (χ0v) is 18.7. The van der Waals surface area contributed by atoms with E-state index in [0.717, 1.165) is 24.0 Å². The third-order valence-electron chi connectivity index (χ3n) is 3.90. The van der Waals surface area contributed by atoms with Crippen molar-refractivity contribution in [3.8, 4) is 0 Å². The van der Waals surface area contributed by atoms with E-state index in [-0.39, 0.29) is 41.2 Å². The molecule has 4 heteroatoms. The number of benzene rings is 2. The summed E-state index contributed by atoms with van der Waals surface area (Å²) in [5, 5.41) is 10.1. The van der Waals surface area contributed by atoms with Crippen molar-refractivity contribution in [3.63, 3.8) is 0 Å². The van der Waals surface area contributed by atoms with Gasteiger partial charge in [-0.25, -0.2) is 0 Å². The Balaban J connectivity index is -0.000000350. The van der Waals surface area contributed by atoms with Gasteiger partial charge in [-0.15, -0.1) is 0 Å². The SMILES string of the molecule is CCC(=O)c1ccccc1.CCC(O)(CC)c1ccccc1.[CH2-]C.[Cl-].[Mg+2]. The van der Waals surface area contributed by atoms with E-state index in [4.69, 9.17) is 0 Å². The molecule has 0 atom stereocenters. The molecule has 0 aliphatic carbocycles. The van der Waals surface area contributed by atoms with Crippen LogP contribution in [0.3, 0.4) is 0 Å². The van der Waals surface area contributed by atoms with E-state index in [0.29, 0.717) is 6.42 Å². The van der Waals surface area contributed by atoms with Crippen LogP contribution >= 0.6 is 0 Å². The summed E-state index contributed by atoms with van der Waals surface area (Å²) >= 11 is 0. The second-order valence-electron chi connectivity index (χ2n) is 5.25. The first-order chi connectivity index (χ1) is 11.6. The molecule has 2 aromatic carbocycles. The van der Waals surface area contributed by atoms with Gasteiger partial charge >= 0.3 is 23.1 Å². The van der Waals surface area contributed by atoms with Crippen LogP contribution in [0.25, 0.3) is 0 Å². The predicted octanol–water partition coefficient (Wildman–Crippen LogP) is 2.44. The van der Waals surface area contributed by atoms with Crippen LogP contribution in [-0.4, -0.2) is 33.9 Å². The van der Waals surface area contributed by atoms with Crippen LogP contribution in [0.15, 0.2) is 60.7 Å². The normalized spacial score (nSPS) is 9.15. The van der Waals surface area contributed by atoms with E-state index >= 15 is 0 Å². The summed E-state index contributed by atoms with van der Waals surface area (Å²) in [5.74, 6) is 0.209. The zero-order chi connectivity index (χ0) is 18.4. The molecular weight excluding hydrogens is 356 g/mol. The maximum atomic E-state index is 11.0. The average Bonchev–Trinajstić information content (AvgIpc) is 2.70. The first kappa shape index (κ1) is 29.9. The Kier molecular flexibility index (Phi) is 20.1. The third kappa shape index (κ3) is 10.3. The first-order valence-electron chi connectivity index (χ1n) is 8.64.